The van der Waals surface area contributed by atoms with Gasteiger partial charge in [0.25, 0.3) is 0 Å². The first kappa shape index (κ1) is 14.6. The fourth-order valence-corrected chi connectivity index (χ4v) is 3.80. The van der Waals surface area contributed by atoms with Crippen molar-refractivity contribution in [1.29, 1.82) is 0 Å². The number of aromatic nitrogens is 2. The molecule has 0 spiro atoms. The molecule has 0 fully saturated rings. The Hall–Kier alpha value is -1.32. The monoisotopic (exact) mass is 303 g/mol. The molecule has 1 aliphatic carbocycles. The summed E-state index contributed by atoms with van der Waals surface area (Å²) in [6.07, 6.45) is 5.21. The number of hydrogen-bond donors (Lipinski definition) is 1. The molecule has 2 unspecified atom stereocenters. The second kappa shape index (κ2) is 6.20. The van der Waals surface area contributed by atoms with Gasteiger partial charge in [-0.2, -0.15) is 5.10 Å². The highest BCUT2D eigenvalue weighted by atomic mass is 35.5. The van der Waals surface area contributed by atoms with E-state index < -0.39 is 0 Å². The number of nitrogens with one attached hydrogen (secondary N) is 1. The molecule has 0 amide bonds. The summed E-state index contributed by atoms with van der Waals surface area (Å²) in [6, 6.07) is 9.04. The molecule has 1 aromatic carbocycles. The van der Waals surface area contributed by atoms with Crippen molar-refractivity contribution in [2.75, 3.05) is 7.05 Å². The van der Waals surface area contributed by atoms with Crippen LogP contribution >= 0.6 is 11.6 Å². The first-order valence-corrected chi connectivity index (χ1v) is 8.07. The molecule has 1 aromatic heterocycles. The smallest absolute Gasteiger partial charge is 0.0834 e. The number of fused-ring (bicyclic) bond motifs is 1. The molecule has 0 aliphatic heterocycles. The molecule has 3 nitrogen and oxygen atoms in total. The Kier molecular flexibility index (Phi) is 4.32. The van der Waals surface area contributed by atoms with Crippen molar-refractivity contribution in [2.24, 2.45) is 5.92 Å². The van der Waals surface area contributed by atoms with Gasteiger partial charge in [-0.1, -0.05) is 35.9 Å². The second-order valence-electron chi connectivity index (χ2n) is 5.73. The molecule has 2 atom stereocenters. The highest BCUT2D eigenvalue weighted by molar-refractivity contribution is 6.31. The summed E-state index contributed by atoms with van der Waals surface area (Å²) in [7, 11) is 2.02. The molecule has 4 heteroatoms. The van der Waals surface area contributed by atoms with Gasteiger partial charge in [0.15, 0.2) is 0 Å². The first-order chi connectivity index (χ1) is 10.2. The molecule has 21 heavy (non-hydrogen) atoms. The largest absolute Gasteiger partial charge is 0.311 e. The van der Waals surface area contributed by atoms with E-state index in [1.165, 1.54) is 17.5 Å². The average molecular weight is 304 g/mol. The van der Waals surface area contributed by atoms with E-state index in [0.717, 1.165) is 30.1 Å². The van der Waals surface area contributed by atoms with E-state index in [1.54, 1.807) is 6.20 Å². The summed E-state index contributed by atoms with van der Waals surface area (Å²) in [5, 5.41) is 8.64. The SMILES string of the molecule is CCn1ncc(Cl)c1C(NC)C1CCc2ccccc2C1. The maximum atomic E-state index is 6.39. The number of nitrogens with zero attached hydrogens (tertiary/aromatic N) is 2. The highest BCUT2D eigenvalue weighted by Crippen LogP contribution is 2.36. The third-order valence-electron chi connectivity index (χ3n) is 4.59. The van der Waals surface area contributed by atoms with Crippen LogP contribution in [0.3, 0.4) is 0 Å². The van der Waals surface area contributed by atoms with Crippen molar-refractivity contribution in [3.05, 3.63) is 52.3 Å². The summed E-state index contributed by atoms with van der Waals surface area (Å²) in [5.41, 5.74) is 4.11. The fourth-order valence-electron chi connectivity index (χ4n) is 3.54. The molecule has 0 saturated heterocycles. The highest BCUT2D eigenvalue weighted by Gasteiger charge is 2.30. The Bertz CT molecular complexity index is 620. The van der Waals surface area contributed by atoms with Crippen LogP contribution in [-0.4, -0.2) is 16.8 Å². The number of aryl methyl sites for hydroxylation is 2. The number of benzene rings is 1. The Labute approximate surface area is 131 Å². The molecule has 1 aliphatic rings. The van der Waals surface area contributed by atoms with Crippen molar-refractivity contribution in [1.82, 2.24) is 15.1 Å². The van der Waals surface area contributed by atoms with Crippen molar-refractivity contribution in [2.45, 2.75) is 38.8 Å². The number of halogens is 1. The molecular formula is C17H22ClN3. The van der Waals surface area contributed by atoms with Crippen LogP contribution in [0.15, 0.2) is 30.5 Å². The van der Waals surface area contributed by atoms with Gasteiger partial charge in [0.05, 0.1) is 23.0 Å². The van der Waals surface area contributed by atoms with Crippen LogP contribution in [0.2, 0.25) is 5.02 Å². The van der Waals surface area contributed by atoms with E-state index in [0.29, 0.717) is 5.92 Å². The van der Waals surface area contributed by atoms with Gasteiger partial charge in [-0.3, -0.25) is 4.68 Å². The van der Waals surface area contributed by atoms with Gasteiger partial charge in [-0.25, -0.2) is 0 Å². The summed E-state index contributed by atoms with van der Waals surface area (Å²) >= 11 is 6.39. The van der Waals surface area contributed by atoms with Crippen LogP contribution in [0.4, 0.5) is 0 Å². The lowest BCUT2D eigenvalue weighted by atomic mass is 9.79. The van der Waals surface area contributed by atoms with E-state index >= 15 is 0 Å². The third-order valence-corrected chi connectivity index (χ3v) is 4.89. The predicted octanol–water partition coefficient (Wildman–Crippen LogP) is 3.62. The molecular weight excluding hydrogens is 282 g/mol. The van der Waals surface area contributed by atoms with Gasteiger partial charge in [0, 0.05) is 6.54 Å². The third kappa shape index (κ3) is 2.72. The number of hydrogen-bond acceptors (Lipinski definition) is 2. The lowest BCUT2D eigenvalue weighted by molar-refractivity contribution is 0.325. The van der Waals surface area contributed by atoms with Crippen molar-refractivity contribution >= 4 is 11.6 Å². The molecule has 0 radical (unpaired) electrons. The van der Waals surface area contributed by atoms with E-state index in [9.17, 15) is 0 Å². The molecule has 1 heterocycles. The minimum absolute atomic E-state index is 0.258. The molecule has 0 saturated carbocycles. The zero-order chi connectivity index (χ0) is 14.8. The Morgan fingerprint density at radius 2 is 2.14 bits per heavy atom. The minimum Gasteiger partial charge on any atom is -0.311 e. The maximum absolute atomic E-state index is 6.39. The lowest BCUT2D eigenvalue weighted by Crippen LogP contribution is -2.31. The van der Waals surface area contributed by atoms with E-state index in [2.05, 4.69) is 41.6 Å². The van der Waals surface area contributed by atoms with Gasteiger partial charge in [0.2, 0.25) is 0 Å². The Morgan fingerprint density at radius 1 is 1.38 bits per heavy atom. The molecule has 2 aromatic rings. The first-order valence-electron chi connectivity index (χ1n) is 7.69. The average Bonchev–Trinajstić information content (AvgIpc) is 2.89. The van der Waals surface area contributed by atoms with Gasteiger partial charge in [-0.05, 0) is 50.3 Å². The van der Waals surface area contributed by atoms with Crippen molar-refractivity contribution in [3.63, 3.8) is 0 Å². The van der Waals surface area contributed by atoms with Crippen molar-refractivity contribution < 1.29 is 0 Å². The van der Waals surface area contributed by atoms with E-state index in [-0.39, 0.29) is 6.04 Å². The molecule has 1 N–H and O–H groups in total. The fraction of sp³-hybridized carbons (Fsp3) is 0.471. The van der Waals surface area contributed by atoms with Gasteiger partial charge < -0.3 is 5.32 Å². The Balaban J connectivity index is 1.90. The van der Waals surface area contributed by atoms with Crippen molar-refractivity contribution in [3.8, 4) is 0 Å². The molecule has 0 bridgehead atoms. The summed E-state index contributed by atoms with van der Waals surface area (Å²) in [6.45, 7) is 2.96. The van der Waals surface area contributed by atoms with Gasteiger partial charge in [-0.15, -0.1) is 0 Å². The zero-order valence-electron chi connectivity index (χ0n) is 12.6. The topological polar surface area (TPSA) is 29.9 Å². The summed E-state index contributed by atoms with van der Waals surface area (Å²) in [5.74, 6) is 0.560. The quantitative estimate of drug-likeness (QED) is 0.935. The van der Waals surface area contributed by atoms with Crippen LogP contribution in [0, 0.1) is 5.92 Å². The maximum Gasteiger partial charge on any atom is 0.0834 e. The van der Waals surface area contributed by atoms with Crippen LogP contribution in [0.5, 0.6) is 0 Å². The predicted molar refractivity (Wildman–Crippen MR) is 86.7 cm³/mol. The number of rotatable bonds is 4. The van der Waals surface area contributed by atoms with Gasteiger partial charge in [0.1, 0.15) is 0 Å². The van der Waals surface area contributed by atoms with Gasteiger partial charge >= 0.3 is 0 Å². The van der Waals surface area contributed by atoms with Crippen LogP contribution in [0.25, 0.3) is 0 Å². The molecule has 3 rings (SSSR count). The normalized spacial score (nSPS) is 19.3. The lowest BCUT2D eigenvalue weighted by Gasteiger charge is -2.32. The van der Waals surface area contributed by atoms with Crippen LogP contribution in [-0.2, 0) is 19.4 Å². The zero-order valence-corrected chi connectivity index (χ0v) is 13.4. The summed E-state index contributed by atoms with van der Waals surface area (Å²) < 4.78 is 2.02. The minimum atomic E-state index is 0.258. The standard InChI is InChI=1S/C17H22ClN3/c1-3-21-17(15(18)11-20-21)16(19-2)14-9-8-12-6-4-5-7-13(12)10-14/h4-7,11,14,16,19H,3,8-10H2,1-2H3. The van der Waals surface area contributed by atoms with E-state index in [1.807, 2.05) is 11.7 Å². The van der Waals surface area contributed by atoms with E-state index in [4.69, 9.17) is 11.6 Å². The van der Waals surface area contributed by atoms with Crippen LogP contribution < -0.4 is 5.32 Å². The summed E-state index contributed by atoms with van der Waals surface area (Å²) in [4.78, 5) is 0. The van der Waals surface area contributed by atoms with Crippen LogP contribution in [0.1, 0.15) is 36.2 Å². The second-order valence-corrected chi connectivity index (χ2v) is 6.14. The molecule has 112 valence electrons. The Morgan fingerprint density at radius 3 is 2.86 bits per heavy atom.